The maximum Gasteiger partial charge on any atom is 0.177 e. The highest BCUT2D eigenvalue weighted by Crippen LogP contribution is 2.28. The van der Waals surface area contributed by atoms with E-state index in [1.165, 1.54) is 30.6 Å². The highest BCUT2D eigenvalue weighted by Gasteiger charge is 2.13. The van der Waals surface area contributed by atoms with Gasteiger partial charge in [-0.3, -0.25) is 4.99 Å². The van der Waals surface area contributed by atoms with E-state index in [-0.39, 0.29) is 17.1 Å². The van der Waals surface area contributed by atoms with Crippen molar-refractivity contribution in [3.63, 3.8) is 0 Å². The molecule has 132 valence electrons. The van der Waals surface area contributed by atoms with Crippen molar-refractivity contribution in [1.82, 2.24) is 0 Å². The Balaban J connectivity index is 2.46. The molecule has 2 rings (SSSR count). The zero-order valence-electron chi connectivity index (χ0n) is 13.4. The molecular weight excluding hydrogens is 409 g/mol. The fourth-order valence-electron chi connectivity index (χ4n) is 2.18. The van der Waals surface area contributed by atoms with Gasteiger partial charge in [-0.1, -0.05) is 15.9 Å². The molecular formula is C17H17BrFN3O2S. The summed E-state index contributed by atoms with van der Waals surface area (Å²) in [5, 5.41) is 0. The lowest BCUT2D eigenvalue weighted by Gasteiger charge is -2.07. The van der Waals surface area contributed by atoms with Crippen LogP contribution in [0.2, 0.25) is 0 Å². The van der Waals surface area contributed by atoms with Crippen molar-refractivity contribution in [3.8, 4) is 0 Å². The van der Waals surface area contributed by atoms with E-state index in [0.29, 0.717) is 21.2 Å². The summed E-state index contributed by atoms with van der Waals surface area (Å²) in [6.45, 7) is 0.185. The van der Waals surface area contributed by atoms with Crippen LogP contribution in [-0.2, 0) is 16.4 Å². The molecule has 0 aromatic heterocycles. The molecule has 0 atom stereocenters. The van der Waals surface area contributed by atoms with Gasteiger partial charge in [0.15, 0.2) is 9.84 Å². The van der Waals surface area contributed by atoms with Gasteiger partial charge in [-0.2, -0.15) is 0 Å². The summed E-state index contributed by atoms with van der Waals surface area (Å²) >= 11 is 3.24. The molecule has 8 heteroatoms. The number of nitrogens with zero attached hydrogens (tertiary/aromatic N) is 1. The van der Waals surface area contributed by atoms with Crippen molar-refractivity contribution in [2.45, 2.75) is 11.4 Å². The van der Waals surface area contributed by atoms with E-state index in [4.69, 9.17) is 11.5 Å². The number of benzene rings is 2. The van der Waals surface area contributed by atoms with Crippen LogP contribution in [0.4, 0.5) is 10.1 Å². The van der Waals surface area contributed by atoms with Crippen LogP contribution in [0.25, 0.3) is 5.57 Å². The summed E-state index contributed by atoms with van der Waals surface area (Å²) in [5.41, 5.74) is 13.0. The SMILES string of the molecule is CS(=O)(=O)c1cc(Br)ccc1N=CC(=CN)c1cc(F)cc(CN)c1. The third-order valence-corrected chi connectivity index (χ3v) is 4.99. The molecule has 25 heavy (non-hydrogen) atoms. The Hall–Kier alpha value is -2.03. The highest BCUT2D eigenvalue weighted by atomic mass is 79.9. The van der Waals surface area contributed by atoms with Gasteiger partial charge in [0.05, 0.1) is 10.6 Å². The van der Waals surface area contributed by atoms with E-state index in [1.807, 2.05) is 0 Å². The Bertz CT molecular complexity index is 956. The Kier molecular flexibility index (Phi) is 6.10. The summed E-state index contributed by atoms with van der Waals surface area (Å²) in [4.78, 5) is 4.30. The number of aliphatic imine (C=N–C) groups is 1. The molecule has 5 nitrogen and oxygen atoms in total. The van der Waals surface area contributed by atoms with Crippen molar-refractivity contribution in [3.05, 3.63) is 64.0 Å². The highest BCUT2D eigenvalue weighted by molar-refractivity contribution is 9.10. The number of hydrogen-bond acceptors (Lipinski definition) is 5. The summed E-state index contributed by atoms with van der Waals surface area (Å²) in [5.74, 6) is -0.439. The van der Waals surface area contributed by atoms with Crippen LogP contribution in [0, 0.1) is 5.82 Å². The molecule has 0 saturated carbocycles. The molecule has 0 heterocycles. The first-order valence-corrected chi connectivity index (χ1v) is 9.88. The summed E-state index contributed by atoms with van der Waals surface area (Å²) in [6, 6.07) is 9.08. The average molecular weight is 426 g/mol. The van der Waals surface area contributed by atoms with Gasteiger partial charge in [0.25, 0.3) is 0 Å². The second kappa shape index (κ2) is 7.90. The quantitative estimate of drug-likeness (QED) is 0.718. The lowest BCUT2D eigenvalue weighted by Crippen LogP contribution is -2.00. The number of halogens is 2. The van der Waals surface area contributed by atoms with Crippen LogP contribution in [0.1, 0.15) is 11.1 Å². The third kappa shape index (κ3) is 4.97. The van der Waals surface area contributed by atoms with Gasteiger partial charge in [0.1, 0.15) is 5.82 Å². The summed E-state index contributed by atoms with van der Waals surface area (Å²) in [7, 11) is -3.46. The molecule has 0 fully saturated rings. The van der Waals surface area contributed by atoms with Crippen molar-refractivity contribution in [2.24, 2.45) is 16.5 Å². The minimum absolute atomic E-state index is 0.0800. The van der Waals surface area contributed by atoms with E-state index >= 15 is 0 Å². The van der Waals surface area contributed by atoms with Crippen molar-refractivity contribution in [2.75, 3.05) is 6.26 Å². The topological polar surface area (TPSA) is 98.5 Å². The van der Waals surface area contributed by atoms with Crippen molar-refractivity contribution >= 4 is 43.2 Å². The third-order valence-electron chi connectivity index (χ3n) is 3.37. The molecule has 0 aliphatic carbocycles. The Morgan fingerprint density at radius 3 is 2.60 bits per heavy atom. The number of allylic oxidation sites excluding steroid dienone is 1. The van der Waals surface area contributed by atoms with E-state index in [9.17, 15) is 12.8 Å². The molecule has 2 aromatic carbocycles. The largest absolute Gasteiger partial charge is 0.404 e. The molecule has 4 N–H and O–H groups in total. The normalized spacial score (nSPS) is 12.7. The van der Waals surface area contributed by atoms with Crippen molar-refractivity contribution in [1.29, 1.82) is 0 Å². The lowest BCUT2D eigenvalue weighted by molar-refractivity contribution is 0.602. The number of sulfone groups is 1. The van der Waals surface area contributed by atoms with E-state index in [2.05, 4.69) is 20.9 Å². The van der Waals surface area contributed by atoms with E-state index in [1.54, 1.807) is 18.2 Å². The second-order valence-corrected chi connectivity index (χ2v) is 8.22. The summed E-state index contributed by atoms with van der Waals surface area (Å²) in [6.07, 6.45) is 3.78. The van der Waals surface area contributed by atoms with E-state index < -0.39 is 15.7 Å². The number of nitrogens with two attached hydrogens (primary N) is 2. The lowest BCUT2D eigenvalue weighted by atomic mass is 10.0. The maximum atomic E-state index is 13.7. The van der Waals surface area contributed by atoms with Crippen LogP contribution in [0.15, 0.2) is 57.0 Å². The average Bonchev–Trinajstić information content (AvgIpc) is 2.55. The van der Waals surface area contributed by atoms with Gasteiger partial charge in [-0.15, -0.1) is 0 Å². The molecule has 0 spiro atoms. The monoisotopic (exact) mass is 425 g/mol. The molecule has 0 aliphatic heterocycles. The molecule has 0 amide bonds. The molecule has 2 aromatic rings. The minimum atomic E-state index is -3.46. The summed E-state index contributed by atoms with van der Waals surface area (Å²) < 4.78 is 38.2. The Labute approximate surface area is 154 Å². The van der Waals surface area contributed by atoms with Crippen LogP contribution in [0.3, 0.4) is 0 Å². The Morgan fingerprint density at radius 1 is 1.28 bits per heavy atom. The van der Waals surface area contributed by atoms with Crippen LogP contribution in [0.5, 0.6) is 0 Å². The molecule has 0 saturated heterocycles. The van der Waals surface area contributed by atoms with Gasteiger partial charge in [-0.05, 0) is 47.5 Å². The van der Waals surface area contributed by atoms with Gasteiger partial charge < -0.3 is 11.5 Å². The smallest absolute Gasteiger partial charge is 0.177 e. The van der Waals surface area contributed by atoms with Gasteiger partial charge in [0, 0.05) is 35.3 Å². The fourth-order valence-corrected chi connectivity index (χ4v) is 3.53. The number of rotatable bonds is 5. The molecule has 0 bridgehead atoms. The van der Waals surface area contributed by atoms with Crippen LogP contribution in [-0.4, -0.2) is 20.9 Å². The maximum absolute atomic E-state index is 13.7. The standard InChI is InChI=1S/C17H17BrFN3O2S/c1-25(23,24)17-7-14(18)2-3-16(17)22-10-13(9-21)12-4-11(8-20)5-15(19)6-12/h2-7,9-10H,8,20-21H2,1H3. The predicted molar refractivity (Wildman–Crippen MR) is 102 cm³/mol. The van der Waals surface area contributed by atoms with E-state index in [0.717, 1.165) is 6.26 Å². The number of hydrogen-bond donors (Lipinski definition) is 2. The van der Waals surface area contributed by atoms with Crippen LogP contribution < -0.4 is 11.5 Å². The second-order valence-electron chi connectivity index (χ2n) is 5.32. The van der Waals surface area contributed by atoms with Gasteiger partial charge in [-0.25, -0.2) is 12.8 Å². The molecule has 0 radical (unpaired) electrons. The first kappa shape index (κ1) is 19.3. The van der Waals surface area contributed by atoms with Gasteiger partial charge >= 0.3 is 0 Å². The van der Waals surface area contributed by atoms with Crippen molar-refractivity contribution < 1.29 is 12.8 Å². The fraction of sp³-hybridized carbons (Fsp3) is 0.118. The van der Waals surface area contributed by atoms with Crippen LogP contribution >= 0.6 is 15.9 Å². The molecule has 0 aliphatic rings. The molecule has 0 unspecified atom stereocenters. The first-order valence-electron chi connectivity index (χ1n) is 7.20. The minimum Gasteiger partial charge on any atom is -0.404 e. The zero-order chi connectivity index (χ0) is 18.6. The van der Waals surface area contributed by atoms with Gasteiger partial charge in [0.2, 0.25) is 0 Å². The predicted octanol–water partition coefficient (Wildman–Crippen LogP) is 3.15. The first-order chi connectivity index (χ1) is 11.7. The Morgan fingerprint density at radius 2 is 2.00 bits per heavy atom. The zero-order valence-corrected chi connectivity index (χ0v) is 15.8.